The number of nitrogens with two attached hydrogens (primary N) is 1. The maximum atomic E-state index is 12.2. The van der Waals surface area contributed by atoms with Gasteiger partial charge in [0.15, 0.2) is 0 Å². The molecule has 0 unspecified atom stereocenters. The van der Waals surface area contributed by atoms with Gasteiger partial charge in [-0.25, -0.2) is 5.84 Å². The number of methoxy groups -OCH3 is 1. The molecule has 19 heavy (non-hydrogen) atoms. The number of nitrogens with zero attached hydrogens (tertiary/aromatic N) is 1. The maximum Gasteiger partial charge on any atom is 0.246 e. The van der Waals surface area contributed by atoms with Crippen LogP contribution in [0.15, 0.2) is 18.2 Å². The molecule has 0 saturated heterocycles. The Labute approximate surface area is 114 Å². The summed E-state index contributed by atoms with van der Waals surface area (Å²) in [6, 6.07) is 6.03. The number of hydrogen-bond acceptors (Lipinski definition) is 3. The first kappa shape index (κ1) is 13.9. The molecule has 0 radical (unpaired) electrons. The van der Waals surface area contributed by atoms with Crippen molar-refractivity contribution in [3.8, 4) is 5.75 Å². The fraction of sp³-hybridized carbons (Fsp3) is 0.533. The van der Waals surface area contributed by atoms with E-state index in [1.165, 1.54) is 5.01 Å². The molecule has 1 aliphatic rings. The molecule has 2 rings (SSSR count). The zero-order valence-corrected chi connectivity index (χ0v) is 12.1. The average molecular weight is 262 g/mol. The molecule has 1 fully saturated rings. The normalized spacial score (nSPS) is 16.3. The van der Waals surface area contributed by atoms with E-state index in [1.807, 2.05) is 12.1 Å². The van der Waals surface area contributed by atoms with Crippen LogP contribution in [0.5, 0.6) is 5.75 Å². The number of carbonyl (C=O) groups is 1. The number of carbonyl (C=O) groups excluding carboxylic acids is 1. The number of ether oxygens (including phenoxy) is 1. The summed E-state index contributed by atoms with van der Waals surface area (Å²) in [5.74, 6) is 6.84. The summed E-state index contributed by atoms with van der Waals surface area (Å²) in [4.78, 5) is 12.2. The third-order valence-corrected chi connectivity index (χ3v) is 3.88. The zero-order valence-electron chi connectivity index (χ0n) is 12.1. The van der Waals surface area contributed by atoms with Gasteiger partial charge in [-0.15, -0.1) is 0 Å². The first-order valence-corrected chi connectivity index (χ1v) is 6.63. The predicted octanol–water partition coefficient (Wildman–Crippen LogP) is 2.18. The van der Waals surface area contributed by atoms with Crippen molar-refractivity contribution in [1.29, 1.82) is 0 Å². The van der Waals surface area contributed by atoms with Crippen LogP contribution < -0.4 is 10.6 Å². The van der Waals surface area contributed by atoms with Gasteiger partial charge in [0.25, 0.3) is 0 Å². The molecular weight excluding hydrogens is 240 g/mol. The lowest BCUT2D eigenvalue weighted by Crippen LogP contribution is -2.41. The largest absolute Gasteiger partial charge is 0.496 e. The van der Waals surface area contributed by atoms with Gasteiger partial charge in [0, 0.05) is 7.05 Å². The van der Waals surface area contributed by atoms with Gasteiger partial charge in [0.05, 0.1) is 12.5 Å². The highest BCUT2D eigenvalue weighted by atomic mass is 16.5. The van der Waals surface area contributed by atoms with E-state index in [0.717, 1.165) is 29.7 Å². The van der Waals surface area contributed by atoms with E-state index in [9.17, 15) is 4.79 Å². The number of rotatable bonds is 4. The fourth-order valence-electron chi connectivity index (χ4n) is 2.57. The van der Waals surface area contributed by atoms with Gasteiger partial charge >= 0.3 is 0 Å². The minimum atomic E-state index is -0.403. The molecule has 0 aromatic heterocycles. The van der Waals surface area contributed by atoms with Crippen molar-refractivity contribution in [2.24, 2.45) is 5.84 Å². The van der Waals surface area contributed by atoms with Gasteiger partial charge in [-0.1, -0.05) is 26.0 Å². The van der Waals surface area contributed by atoms with Crippen molar-refractivity contribution in [2.45, 2.75) is 38.0 Å². The Morgan fingerprint density at radius 1 is 1.42 bits per heavy atom. The van der Waals surface area contributed by atoms with Crippen LogP contribution in [0.2, 0.25) is 0 Å². The molecule has 4 heteroatoms. The quantitative estimate of drug-likeness (QED) is 0.514. The second kappa shape index (κ2) is 4.85. The van der Waals surface area contributed by atoms with E-state index in [4.69, 9.17) is 10.6 Å². The number of hydrazine groups is 1. The Hall–Kier alpha value is -1.55. The van der Waals surface area contributed by atoms with Crippen molar-refractivity contribution in [3.63, 3.8) is 0 Å². The van der Waals surface area contributed by atoms with Crippen molar-refractivity contribution >= 4 is 5.91 Å². The van der Waals surface area contributed by atoms with E-state index < -0.39 is 5.41 Å². The minimum Gasteiger partial charge on any atom is -0.496 e. The van der Waals surface area contributed by atoms with E-state index in [-0.39, 0.29) is 5.91 Å². The van der Waals surface area contributed by atoms with Gasteiger partial charge in [0.1, 0.15) is 5.75 Å². The van der Waals surface area contributed by atoms with Gasteiger partial charge in [-0.2, -0.15) is 0 Å². The predicted molar refractivity (Wildman–Crippen MR) is 75.0 cm³/mol. The second-order valence-corrected chi connectivity index (χ2v) is 5.61. The van der Waals surface area contributed by atoms with Gasteiger partial charge in [-0.3, -0.25) is 9.80 Å². The number of likely N-dealkylation sites (N-methyl/N-ethyl adjacent to an activating group) is 1. The third-order valence-electron chi connectivity index (χ3n) is 3.88. The summed E-state index contributed by atoms with van der Waals surface area (Å²) in [6.45, 7) is 4.25. The molecule has 1 aliphatic carbocycles. The molecule has 4 nitrogen and oxygen atoms in total. The van der Waals surface area contributed by atoms with Crippen LogP contribution in [0.25, 0.3) is 0 Å². The number of hydrogen-bond donors (Lipinski definition) is 1. The Morgan fingerprint density at radius 3 is 2.47 bits per heavy atom. The third kappa shape index (κ3) is 2.32. The van der Waals surface area contributed by atoms with Crippen LogP contribution in [0.3, 0.4) is 0 Å². The van der Waals surface area contributed by atoms with Crippen LogP contribution in [0, 0.1) is 0 Å². The summed E-state index contributed by atoms with van der Waals surface area (Å²) in [5.41, 5.74) is 1.79. The molecule has 1 aromatic rings. The topological polar surface area (TPSA) is 55.6 Å². The molecule has 0 aliphatic heterocycles. The molecule has 2 N–H and O–H groups in total. The van der Waals surface area contributed by atoms with Crippen LogP contribution in [-0.2, 0) is 10.2 Å². The molecule has 0 spiro atoms. The summed E-state index contributed by atoms with van der Waals surface area (Å²) in [7, 11) is 3.28. The van der Waals surface area contributed by atoms with Crippen LogP contribution in [0.4, 0.5) is 0 Å². The maximum absolute atomic E-state index is 12.2. The van der Waals surface area contributed by atoms with Crippen molar-refractivity contribution < 1.29 is 9.53 Å². The summed E-state index contributed by atoms with van der Waals surface area (Å²) < 4.78 is 5.38. The molecular formula is C15H22N2O2. The Kier molecular flexibility index (Phi) is 3.54. The minimum absolute atomic E-state index is 0.00706. The highest BCUT2D eigenvalue weighted by molar-refractivity contribution is 5.90. The molecule has 104 valence electrons. The highest BCUT2D eigenvalue weighted by Crippen LogP contribution is 2.50. The first-order valence-electron chi connectivity index (χ1n) is 6.63. The van der Waals surface area contributed by atoms with E-state index in [2.05, 4.69) is 19.9 Å². The second-order valence-electron chi connectivity index (χ2n) is 5.61. The Morgan fingerprint density at radius 2 is 2.05 bits per heavy atom. The smallest absolute Gasteiger partial charge is 0.246 e. The van der Waals surface area contributed by atoms with Crippen molar-refractivity contribution in [1.82, 2.24) is 5.01 Å². The summed E-state index contributed by atoms with van der Waals surface area (Å²) in [5, 5.41) is 1.20. The standard InChI is InChI=1S/C15H22N2O2/c1-10(2)12-9-11(5-6-13(12)19-4)15(7-8-15)14(18)17(3)16/h5-6,9-10H,7-8,16H2,1-4H3. The van der Waals surface area contributed by atoms with Gasteiger partial charge < -0.3 is 4.74 Å². The molecule has 1 saturated carbocycles. The molecule has 0 heterocycles. The molecule has 1 amide bonds. The number of amides is 1. The lowest BCUT2D eigenvalue weighted by atomic mass is 9.90. The highest BCUT2D eigenvalue weighted by Gasteiger charge is 2.52. The van der Waals surface area contributed by atoms with E-state index in [0.29, 0.717) is 5.92 Å². The lowest BCUT2D eigenvalue weighted by Gasteiger charge is -2.21. The van der Waals surface area contributed by atoms with Crippen LogP contribution in [-0.4, -0.2) is 25.1 Å². The number of benzene rings is 1. The summed E-state index contributed by atoms with van der Waals surface area (Å²) in [6.07, 6.45) is 1.74. The van der Waals surface area contributed by atoms with E-state index in [1.54, 1.807) is 14.2 Å². The summed E-state index contributed by atoms with van der Waals surface area (Å²) >= 11 is 0. The zero-order chi connectivity index (χ0) is 14.2. The first-order chi connectivity index (χ1) is 8.92. The van der Waals surface area contributed by atoms with Crippen LogP contribution >= 0.6 is 0 Å². The average Bonchev–Trinajstić information content (AvgIpc) is 3.18. The van der Waals surface area contributed by atoms with E-state index >= 15 is 0 Å². The fourth-order valence-corrected chi connectivity index (χ4v) is 2.57. The monoisotopic (exact) mass is 262 g/mol. The molecule has 1 aromatic carbocycles. The van der Waals surface area contributed by atoms with Crippen molar-refractivity contribution in [2.75, 3.05) is 14.2 Å². The Bertz CT molecular complexity index is 491. The van der Waals surface area contributed by atoms with Gasteiger partial charge in [-0.05, 0) is 36.0 Å². The lowest BCUT2D eigenvalue weighted by molar-refractivity contribution is -0.132. The Balaban J connectivity index is 2.42. The molecule has 0 bridgehead atoms. The van der Waals surface area contributed by atoms with Gasteiger partial charge in [0.2, 0.25) is 5.91 Å². The van der Waals surface area contributed by atoms with Crippen molar-refractivity contribution in [3.05, 3.63) is 29.3 Å². The molecule has 0 atom stereocenters. The SMILES string of the molecule is COc1ccc(C2(C(=O)N(C)N)CC2)cc1C(C)C. The van der Waals surface area contributed by atoms with Crippen LogP contribution in [0.1, 0.15) is 43.7 Å².